The first-order valence-electron chi connectivity index (χ1n) is 11.4. The summed E-state index contributed by atoms with van der Waals surface area (Å²) in [4.78, 5) is 0. The van der Waals surface area contributed by atoms with Crippen LogP contribution in [0.15, 0.2) is 115 Å². The SMILES string of the molecule is OB(O)Oc1cccc(-c2cc(-c3ccccc3)cc3c2sc2ccc(-c4ccccc4)cc23)c1. The van der Waals surface area contributed by atoms with Crippen molar-refractivity contribution in [3.8, 4) is 39.1 Å². The Morgan fingerprint density at radius 2 is 1.20 bits per heavy atom. The number of thiophene rings is 1. The molecule has 0 saturated heterocycles. The van der Waals surface area contributed by atoms with Gasteiger partial charge in [0, 0.05) is 25.7 Å². The van der Waals surface area contributed by atoms with Crippen LogP contribution in [0.4, 0.5) is 0 Å². The largest absolute Gasteiger partial charge is 0.707 e. The predicted octanol–water partition coefficient (Wildman–Crippen LogP) is 7.40. The van der Waals surface area contributed by atoms with Gasteiger partial charge in [0.15, 0.2) is 0 Å². The van der Waals surface area contributed by atoms with Gasteiger partial charge in [-0.2, -0.15) is 0 Å². The summed E-state index contributed by atoms with van der Waals surface area (Å²) >= 11 is 1.77. The van der Waals surface area contributed by atoms with Crippen LogP contribution in [-0.4, -0.2) is 17.4 Å². The van der Waals surface area contributed by atoms with Crippen LogP contribution in [0.1, 0.15) is 0 Å². The van der Waals surface area contributed by atoms with Gasteiger partial charge in [0.1, 0.15) is 5.75 Å². The summed E-state index contributed by atoms with van der Waals surface area (Å²) in [5, 5.41) is 21.0. The van der Waals surface area contributed by atoms with E-state index in [-0.39, 0.29) is 0 Å². The molecule has 0 saturated carbocycles. The molecule has 5 heteroatoms. The van der Waals surface area contributed by atoms with Gasteiger partial charge in [-0.3, -0.25) is 0 Å². The van der Waals surface area contributed by atoms with Crippen molar-refractivity contribution in [3.05, 3.63) is 115 Å². The van der Waals surface area contributed by atoms with E-state index in [2.05, 4.69) is 78.9 Å². The van der Waals surface area contributed by atoms with Crippen molar-refractivity contribution in [3.63, 3.8) is 0 Å². The lowest BCUT2D eigenvalue weighted by Crippen LogP contribution is -2.20. The topological polar surface area (TPSA) is 49.7 Å². The third kappa shape index (κ3) is 4.22. The minimum absolute atomic E-state index is 0.406. The molecule has 0 bridgehead atoms. The molecule has 5 aromatic carbocycles. The van der Waals surface area contributed by atoms with E-state index in [0.29, 0.717) is 5.75 Å². The summed E-state index contributed by atoms with van der Waals surface area (Å²) in [7, 11) is -1.86. The molecule has 0 spiro atoms. The van der Waals surface area contributed by atoms with Gasteiger partial charge < -0.3 is 14.7 Å². The molecule has 2 N–H and O–H groups in total. The Morgan fingerprint density at radius 3 is 1.91 bits per heavy atom. The zero-order valence-electron chi connectivity index (χ0n) is 18.8. The van der Waals surface area contributed by atoms with E-state index < -0.39 is 7.32 Å². The first kappa shape index (κ1) is 21.6. The van der Waals surface area contributed by atoms with Crippen LogP contribution in [0.2, 0.25) is 0 Å². The molecule has 6 aromatic rings. The first-order chi connectivity index (χ1) is 17.2. The number of rotatable bonds is 5. The van der Waals surface area contributed by atoms with Gasteiger partial charge in [0.25, 0.3) is 0 Å². The molecule has 0 aliphatic rings. The molecular weight excluding hydrogens is 451 g/mol. The predicted molar refractivity (Wildman–Crippen MR) is 146 cm³/mol. The van der Waals surface area contributed by atoms with E-state index >= 15 is 0 Å². The van der Waals surface area contributed by atoms with E-state index in [0.717, 1.165) is 22.3 Å². The van der Waals surface area contributed by atoms with Crippen LogP contribution < -0.4 is 4.65 Å². The standard InChI is InChI=1S/C30H21BO3S/c32-31(33)34-25-13-7-12-23(16-25)26-18-24(21-10-5-2-6-11-21)19-28-27-17-22(20-8-3-1-4-9-20)14-15-29(27)35-30(26)28/h1-19,32-33H. The maximum atomic E-state index is 9.28. The zero-order valence-corrected chi connectivity index (χ0v) is 19.6. The fourth-order valence-corrected chi connectivity index (χ4v) is 5.76. The highest BCUT2D eigenvalue weighted by molar-refractivity contribution is 7.26. The number of benzene rings is 5. The molecule has 35 heavy (non-hydrogen) atoms. The molecule has 0 aliphatic carbocycles. The van der Waals surface area contributed by atoms with Crippen molar-refractivity contribution in [2.75, 3.05) is 0 Å². The minimum atomic E-state index is -1.86. The summed E-state index contributed by atoms with van der Waals surface area (Å²) in [6.07, 6.45) is 0. The van der Waals surface area contributed by atoms with Crippen molar-refractivity contribution in [1.82, 2.24) is 0 Å². The Balaban J connectivity index is 1.62. The third-order valence-corrected chi connectivity index (χ3v) is 7.39. The molecule has 0 radical (unpaired) electrons. The Bertz CT molecular complexity index is 1640. The monoisotopic (exact) mass is 472 g/mol. The maximum Gasteiger partial charge on any atom is 0.707 e. The molecule has 0 unspecified atom stereocenters. The fraction of sp³-hybridized carbons (Fsp3) is 0. The normalized spacial score (nSPS) is 11.1. The Hall–Kier alpha value is -3.90. The van der Waals surface area contributed by atoms with Crippen LogP contribution in [-0.2, 0) is 0 Å². The van der Waals surface area contributed by atoms with E-state index in [9.17, 15) is 10.0 Å². The summed E-state index contributed by atoms with van der Waals surface area (Å²) in [6.45, 7) is 0. The van der Waals surface area contributed by atoms with Crippen molar-refractivity contribution in [2.45, 2.75) is 0 Å². The second kappa shape index (κ2) is 9.04. The summed E-state index contributed by atoms with van der Waals surface area (Å²) in [5.41, 5.74) is 6.71. The quantitative estimate of drug-likeness (QED) is 0.257. The van der Waals surface area contributed by atoms with E-state index in [1.54, 1.807) is 17.4 Å². The van der Waals surface area contributed by atoms with E-state index in [4.69, 9.17) is 4.65 Å². The van der Waals surface area contributed by atoms with Crippen LogP contribution >= 0.6 is 11.3 Å². The number of fused-ring (bicyclic) bond motifs is 3. The van der Waals surface area contributed by atoms with Gasteiger partial charge in [-0.05, 0) is 64.2 Å². The summed E-state index contributed by atoms with van der Waals surface area (Å²) in [5.74, 6) is 0.406. The molecular formula is C30H21BO3S. The summed E-state index contributed by atoms with van der Waals surface area (Å²) in [6, 6.07) is 39.4. The second-order valence-corrected chi connectivity index (χ2v) is 9.47. The zero-order chi connectivity index (χ0) is 23.8. The molecule has 0 aliphatic heterocycles. The van der Waals surface area contributed by atoms with Crippen LogP contribution in [0.5, 0.6) is 5.75 Å². The van der Waals surface area contributed by atoms with Gasteiger partial charge in [-0.1, -0.05) is 78.9 Å². The van der Waals surface area contributed by atoms with Crippen molar-refractivity contribution < 1.29 is 14.7 Å². The third-order valence-electron chi connectivity index (χ3n) is 6.17. The van der Waals surface area contributed by atoms with Crippen molar-refractivity contribution in [2.24, 2.45) is 0 Å². The van der Waals surface area contributed by atoms with Gasteiger partial charge in [-0.25, -0.2) is 0 Å². The molecule has 0 fully saturated rings. The highest BCUT2D eigenvalue weighted by Gasteiger charge is 2.16. The van der Waals surface area contributed by atoms with Crippen LogP contribution in [0.3, 0.4) is 0 Å². The Labute approximate surface area is 207 Å². The van der Waals surface area contributed by atoms with E-state index in [1.165, 1.54) is 31.3 Å². The highest BCUT2D eigenvalue weighted by Crippen LogP contribution is 2.44. The molecule has 168 valence electrons. The lowest BCUT2D eigenvalue weighted by atomic mass is 9.95. The lowest BCUT2D eigenvalue weighted by Gasteiger charge is -2.11. The van der Waals surface area contributed by atoms with Crippen molar-refractivity contribution in [1.29, 1.82) is 0 Å². The average Bonchev–Trinajstić information content (AvgIpc) is 3.27. The highest BCUT2D eigenvalue weighted by atomic mass is 32.1. The number of hydrogen-bond donors (Lipinski definition) is 2. The molecule has 3 nitrogen and oxygen atoms in total. The lowest BCUT2D eigenvalue weighted by molar-refractivity contribution is 0.288. The van der Waals surface area contributed by atoms with Gasteiger partial charge >= 0.3 is 7.32 Å². The fourth-order valence-electron chi connectivity index (χ4n) is 4.56. The smallest absolute Gasteiger partial charge is 0.512 e. The average molecular weight is 472 g/mol. The molecule has 6 rings (SSSR count). The molecule has 0 amide bonds. The van der Waals surface area contributed by atoms with Gasteiger partial charge in [0.2, 0.25) is 0 Å². The minimum Gasteiger partial charge on any atom is -0.512 e. The molecule has 0 atom stereocenters. The van der Waals surface area contributed by atoms with Crippen LogP contribution in [0.25, 0.3) is 53.6 Å². The summed E-state index contributed by atoms with van der Waals surface area (Å²) < 4.78 is 7.55. The Morgan fingerprint density at radius 1 is 0.543 bits per heavy atom. The van der Waals surface area contributed by atoms with Crippen LogP contribution in [0, 0.1) is 0 Å². The first-order valence-corrected chi connectivity index (χ1v) is 12.2. The van der Waals surface area contributed by atoms with Crippen molar-refractivity contribution >= 4 is 38.8 Å². The number of hydrogen-bond acceptors (Lipinski definition) is 4. The second-order valence-electron chi connectivity index (χ2n) is 8.42. The molecule has 1 heterocycles. The van der Waals surface area contributed by atoms with Gasteiger partial charge in [-0.15, -0.1) is 11.3 Å². The maximum absolute atomic E-state index is 9.28. The van der Waals surface area contributed by atoms with Gasteiger partial charge in [0.05, 0.1) is 0 Å². The van der Waals surface area contributed by atoms with E-state index in [1.807, 2.05) is 30.3 Å². The Kier molecular flexibility index (Phi) is 5.59. The molecule has 1 aromatic heterocycles.